The summed E-state index contributed by atoms with van der Waals surface area (Å²) < 4.78 is 0. The van der Waals surface area contributed by atoms with Crippen molar-refractivity contribution >= 4 is 34.8 Å². The van der Waals surface area contributed by atoms with E-state index in [-0.39, 0.29) is 11.8 Å². The summed E-state index contributed by atoms with van der Waals surface area (Å²) in [4.78, 5) is 25.2. The first-order valence-corrected chi connectivity index (χ1v) is 8.22. The van der Waals surface area contributed by atoms with Crippen molar-refractivity contribution in [3.8, 4) is 6.07 Å². The summed E-state index contributed by atoms with van der Waals surface area (Å²) in [6, 6.07) is 13.7. The highest BCUT2D eigenvalue weighted by Gasteiger charge is 2.56. The van der Waals surface area contributed by atoms with E-state index < -0.39 is 5.41 Å². The fourth-order valence-corrected chi connectivity index (χ4v) is 2.80. The number of anilines is 2. The number of carbonyl (C=O) groups excluding carboxylic acids is 2. The monoisotopic (exact) mass is 353 g/mol. The van der Waals surface area contributed by atoms with Gasteiger partial charge in [0.25, 0.3) is 0 Å². The third-order valence-corrected chi connectivity index (χ3v) is 4.56. The number of hydrogen-bond donors (Lipinski definition) is 2. The normalized spacial score (nSPS) is 14.3. The Labute approximate surface area is 150 Å². The Morgan fingerprint density at radius 1 is 1.08 bits per heavy atom. The van der Waals surface area contributed by atoms with Crippen LogP contribution in [0.3, 0.4) is 0 Å². The molecule has 3 rings (SSSR count). The fraction of sp³-hybridized carbons (Fsp3) is 0.211. The van der Waals surface area contributed by atoms with E-state index in [9.17, 15) is 9.59 Å². The van der Waals surface area contributed by atoms with E-state index in [1.165, 1.54) is 0 Å². The molecular weight excluding hydrogens is 338 g/mol. The molecule has 0 aromatic heterocycles. The molecule has 5 nitrogen and oxygen atoms in total. The number of aryl methyl sites for hydroxylation is 1. The lowest BCUT2D eigenvalue weighted by Crippen LogP contribution is -2.35. The van der Waals surface area contributed by atoms with Gasteiger partial charge in [0.15, 0.2) is 0 Å². The van der Waals surface area contributed by atoms with Crippen molar-refractivity contribution in [3.05, 3.63) is 58.6 Å². The summed E-state index contributed by atoms with van der Waals surface area (Å²) in [6.45, 7) is 1.85. The molecule has 0 saturated heterocycles. The minimum Gasteiger partial charge on any atom is -0.325 e. The zero-order valence-electron chi connectivity index (χ0n) is 13.6. The SMILES string of the molecule is Cc1cc(Cl)ccc1NC(=O)C1(C(=O)Nc2ccc(C#N)cc2)CC1. The standard InChI is InChI=1S/C19H16ClN3O2/c1-12-10-14(20)4-7-16(12)23-18(25)19(8-9-19)17(24)22-15-5-2-13(11-21)3-6-15/h2-7,10H,8-9H2,1H3,(H,22,24)(H,23,25). The van der Waals surface area contributed by atoms with Gasteiger partial charge >= 0.3 is 0 Å². The number of hydrogen-bond acceptors (Lipinski definition) is 3. The average molecular weight is 354 g/mol. The largest absolute Gasteiger partial charge is 0.325 e. The van der Waals surface area contributed by atoms with Crippen LogP contribution >= 0.6 is 11.6 Å². The van der Waals surface area contributed by atoms with Crippen molar-refractivity contribution < 1.29 is 9.59 Å². The number of nitrogens with zero attached hydrogens (tertiary/aromatic N) is 1. The zero-order chi connectivity index (χ0) is 18.0. The van der Waals surface area contributed by atoms with Gasteiger partial charge in [-0.25, -0.2) is 0 Å². The molecular formula is C19H16ClN3O2. The molecule has 1 fully saturated rings. The molecule has 0 aliphatic heterocycles. The minimum absolute atomic E-state index is 0.316. The highest BCUT2D eigenvalue weighted by atomic mass is 35.5. The lowest BCUT2D eigenvalue weighted by Gasteiger charge is -2.16. The highest BCUT2D eigenvalue weighted by Crippen LogP contribution is 2.47. The van der Waals surface area contributed by atoms with Gasteiger partial charge in [-0.1, -0.05) is 11.6 Å². The second-order valence-corrected chi connectivity index (χ2v) is 6.58. The van der Waals surface area contributed by atoms with Crippen molar-refractivity contribution in [3.63, 3.8) is 0 Å². The molecule has 25 heavy (non-hydrogen) atoms. The van der Waals surface area contributed by atoms with Crippen molar-refractivity contribution in [2.75, 3.05) is 10.6 Å². The van der Waals surface area contributed by atoms with Crippen LogP contribution in [0.5, 0.6) is 0 Å². The molecule has 1 aliphatic carbocycles. The van der Waals surface area contributed by atoms with Gasteiger partial charge in [-0.2, -0.15) is 5.26 Å². The third-order valence-electron chi connectivity index (χ3n) is 4.33. The van der Waals surface area contributed by atoms with Gasteiger partial charge < -0.3 is 10.6 Å². The van der Waals surface area contributed by atoms with Gasteiger partial charge in [0, 0.05) is 16.4 Å². The lowest BCUT2D eigenvalue weighted by molar-refractivity contribution is -0.131. The van der Waals surface area contributed by atoms with Gasteiger partial charge in [0.2, 0.25) is 11.8 Å². The van der Waals surface area contributed by atoms with Crippen LogP contribution in [0, 0.1) is 23.7 Å². The molecule has 2 N–H and O–H groups in total. The summed E-state index contributed by atoms with van der Waals surface area (Å²) in [5.74, 6) is -0.648. The lowest BCUT2D eigenvalue weighted by atomic mass is 10.0. The van der Waals surface area contributed by atoms with Gasteiger partial charge in [-0.05, 0) is 67.8 Å². The van der Waals surface area contributed by atoms with Crippen LogP contribution in [0.25, 0.3) is 0 Å². The maximum Gasteiger partial charge on any atom is 0.240 e. The van der Waals surface area contributed by atoms with E-state index in [1.807, 2.05) is 13.0 Å². The van der Waals surface area contributed by atoms with Gasteiger partial charge in [0.1, 0.15) is 5.41 Å². The number of carbonyl (C=O) groups is 2. The van der Waals surface area contributed by atoms with Crippen LogP contribution in [0.15, 0.2) is 42.5 Å². The first-order chi connectivity index (χ1) is 11.9. The van der Waals surface area contributed by atoms with Crippen molar-refractivity contribution in [1.29, 1.82) is 5.26 Å². The maximum absolute atomic E-state index is 12.6. The van der Waals surface area contributed by atoms with E-state index in [4.69, 9.17) is 16.9 Å². The molecule has 0 bridgehead atoms. The Hall–Kier alpha value is -2.84. The maximum atomic E-state index is 12.6. The topological polar surface area (TPSA) is 82.0 Å². The highest BCUT2D eigenvalue weighted by molar-refractivity contribution is 6.30. The summed E-state index contributed by atoms with van der Waals surface area (Å²) >= 11 is 5.92. The summed E-state index contributed by atoms with van der Waals surface area (Å²) in [5.41, 5.74) is 1.51. The Morgan fingerprint density at radius 2 is 1.72 bits per heavy atom. The Kier molecular flexibility index (Phi) is 4.47. The van der Waals surface area contributed by atoms with Crippen molar-refractivity contribution in [2.24, 2.45) is 5.41 Å². The van der Waals surface area contributed by atoms with Crippen LogP contribution in [-0.4, -0.2) is 11.8 Å². The average Bonchev–Trinajstić information content (AvgIpc) is 3.40. The molecule has 2 aromatic rings. The van der Waals surface area contributed by atoms with Crippen LogP contribution in [0.1, 0.15) is 24.0 Å². The first-order valence-electron chi connectivity index (χ1n) is 7.84. The van der Waals surface area contributed by atoms with Gasteiger partial charge in [0.05, 0.1) is 11.6 Å². The molecule has 0 radical (unpaired) electrons. The van der Waals surface area contributed by atoms with Crippen molar-refractivity contribution in [1.82, 2.24) is 0 Å². The predicted molar refractivity (Wildman–Crippen MR) is 96.3 cm³/mol. The van der Waals surface area contributed by atoms with Crippen molar-refractivity contribution in [2.45, 2.75) is 19.8 Å². The molecule has 0 heterocycles. The number of halogens is 1. The number of rotatable bonds is 4. The van der Waals surface area contributed by atoms with E-state index >= 15 is 0 Å². The predicted octanol–water partition coefficient (Wildman–Crippen LogP) is 3.88. The van der Waals surface area contributed by atoms with E-state index in [0.29, 0.717) is 34.8 Å². The zero-order valence-corrected chi connectivity index (χ0v) is 14.4. The number of amides is 2. The molecule has 2 aromatic carbocycles. The Bertz CT molecular complexity index is 881. The van der Waals surface area contributed by atoms with E-state index in [0.717, 1.165) is 5.56 Å². The summed E-state index contributed by atoms with van der Waals surface area (Å²) in [7, 11) is 0. The molecule has 126 valence electrons. The quantitative estimate of drug-likeness (QED) is 0.818. The molecule has 1 aliphatic rings. The fourth-order valence-electron chi connectivity index (χ4n) is 2.57. The van der Waals surface area contributed by atoms with Gasteiger partial charge in [-0.3, -0.25) is 9.59 Å². The molecule has 6 heteroatoms. The number of nitriles is 1. The number of benzene rings is 2. The number of nitrogens with one attached hydrogen (secondary N) is 2. The molecule has 0 unspecified atom stereocenters. The second kappa shape index (κ2) is 6.58. The Balaban J connectivity index is 1.71. The van der Waals surface area contributed by atoms with E-state index in [2.05, 4.69) is 10.6 Å². The first kappa shape index (κ1) is 17.0. The smallest absolute Gasteiger partial charge is 0.240 e. The second-order valence-electron chi connectivity index (χ2n) is 6.14. The van der Waals surface area contributed by atoms with Crippen LogP contribution in [-0.2, 0) is 9.59 Å². The summed E-state index contributed by atoms with van der Waals surface area (Å²) in [6.07, 6.45) is 1.02. The third kappa shape index (κ3) is 3.49. The van der Waals surface area contributed by atoms with Crippen LogP contribution < -0.4 is 10.6 Å². The minimum atomic E-state index is -1.04. The van der Waals surface area contributed by atoms with Crippen LogP contribution in [0.2, 0.25) is 5.02 Å². The molecule has 2 amide bonds. The molecule has 0 spiro atoms. The molecule has 0 atom stereocenters. The Morgan fingerprint density at radius 3 is 2.28 bits per heavy atom. The summed E-state index contributed by atoms with van der Waals surface area (Å²) in [5, 5.41) is 15.0. The van der Waals surface area contributed by atoms with Gasteiger partial charge in [-0.15, -0.1) is 0 Å². The van der Waals surface area contributed by atoms with Crippen LogP contribution in [0.4, 0.5) is 11.4 Å². The molecule has 1 saturated carbocycles. The van der Waals surface area contributed by atoms with E-state index in [1.54, 1.807) is 42.5 Å².